The van der Waals surface area contributed by atoms with Crippen molar-refractivity contribution in [2.75, 3.05) is 64.5 Å². The molecule has 7 heteroatoms. The van der Waals surface area contributed by atoms with E-state index in [2.05, 4.69) is 57.6 Å². The molecule has 3 fully saturated rings. The van der Waals surface area contributed by atoms with E-state index in [4.69, 9.17) is 18.9 Å². The summed E-state index contributed by atoms with van der Waals surface area (Å²) < 4.78 is 24.2. The average molecular weight is 564 g/mol. The standard InChI is InChI=1S/C34H49N3O4/c1-38-20-5-17-36-19-21-39-33-13-8-26(22-32(33)36)25-40-34-23-35-16-14-31(34)27-9-11-29(12-10-27)41-30-15-18-37(24-30)28-6-3-2-4-7-28/h8-13,22,28,30-31,34-35H,2-7,14-21,23-25H2,1H3/t30-,31+,34-/m0/s1. The van der Waals surface area contributed by atoms with Gasteiger partial charge >= 0.3 is 0 Å². The van der Waals surface area contributed by atoms with Crippen LogP contribution in [0.3, 0.4) is 0 Å². The fourth-order valence-corrected chi connectivity index (χ4v) is 7.24. The van der Waals surface area contributed by atoms with Gasteiger partial charge in [0.1, 0.15) is 24.2 Å². The normalized spacial score (nSPS) is 25.6. The highest BCUT2D eigenvalue weighted by Crippen LogP contribution is 2.34. The summed E-state index contributed by atoms with van der Waals surface area (Å²) in [6, 6.07) is 16.2. The Morgan fingerprint density at radius 2 is 1.85 bits per heavy atom. The summed E-state index contributed by atoms with van der Waals surface area (Å²) in [7, 11) is 1.76. The maximum absolute atomic E-state index is 6.59. The lowest BCUT2D eigenvalue weighted by atomic mass is 9.87. The Kier molecular flexibility index (Phi) is 9.99. The third-order valence-corrected chi connectivity index (χ3v) is 9.53. The number of methoxy groups -OCH3 is 1. The van der Waals surface area contributed by atoms with Gasteiger partial charge in [0.05, 0.1) is 24.9 Å². The first-order valence-electron chi connectivity index (χ1n) is 16.1. The Labute approximate surface area is 246 Å². The number of hydrogen-bond acceptors (Lipinski definition) is 7. The van der Waals surface area contributed by atoms with E-state index >= 15 is 0 Å². The van der Waals surface area contributed by atoms with E-state index in [1.807, 2.05) is 0 Å². The molecule has 2 aromatic rings. The molecule has 1 N–H and O–H groups in total. The van der Waals surface area contributed by atoms with E-state index in [0.717, 1.165) is 82.7 Å². The van der Waals surface area contributed by atoms with Crippen LogP contribution in [-0.4, -0.2) is 82.7 Å². The zero-order valence-corrected chi connectivity index (χ0v) is 24.9. The molecule has 7 nitrogen and oxygen atoms in total. The van der Waals surface area contributed by atoms with Crippen LogP contribution < -0.4 is 19.7 Å². The first kappa shape index (κ1) is 28.8. The van der Waals surface area contributed by atoms with Gasteiger partial charge in [0.25, 0.3) is 0 Å². The largest absolute Gasteiger partial charge is 0.490 e. The molecule has 0 spiro atoms. The first-order valence-corrected chi connectivity index (χ1v) is 16.1. The van der Waals surface area contributed by atoms with E-state index in [1.54, 1.807) is 7.11 Å². The number of rotatable bonds is 11. The summed E-state index contributed by atoms with van der Waals surface area (Å²) in [5, 5.41) is 3.55. The van der Waals surface area contributed by atoms with Crippen LogP contribution in [0.1, 0.15) is 68.4 Å². The van der Waals surface area contributed by atoms with Gasteiger partial charge in [-0.3, -0.25) is 4.90 Å². The van der Waals surface area contributed by atoms with Crippen LogP contribution >= 0.6 is 0 Å². The van der Waals surface area contributed by atoms with Gasteiger partial charge in [-0.15, -0.1) is 0 Å². The van der Waals surface area contributed by atoms with Gasteiger partial charge in [0.2, 0.25) is 0 Å². The Morgan fingerprint density at radius 3 is 2.71 bits per heavy atom. The average Bonchev–Trinajstić information content (AvgIpc) is 3.50. The Morgan fingerprint density at radius 1 is 0.976 bits per heavy atom. The molecule has 1 aliphatic carbocycles. The fraction of sp³-hybridized carbons (Fsp3) is 0.647. The van der Waals surface area contributed by atoms with Crippen LogP contribution in [0.2, 0.25) is 0 Å². The van der Waals surface area contributed by atoms with Crippen molar-refractivity contribution in [3.05, 3.63) is 53.6 Å². The van der Waals surface area contributed by atoms with Gasteiger partial charge in [0.15, 0.2) is 0 Å². The van der Waals surface area contributed by atoms with Gasteiger partial charge in [-0.1, -0.05) is 37.5 Å². The number of hydrogen-bond donors (Lipinski definition) is 1. The molecule has 4 aliphatic rings. The Hall–Kier alpha value is -2.32. The predicted molar refractivity (Wildman–Crippen MR) is 163 cm³/mol. The van der Waals surface area contributed by atoms with Crippen LogP contribution in [0.5, 0.6) is 11.5 Å². The topological polar surface area (TPSA) is 55.4 Å². The van der Waals surface area contributed by atoms with Gasteiger partial charge in [-0.25, -0.2) is 0 Å². The summed E-state index contributed by atoms with van der Waals surface area (Å²) in [4.78, 5) is 5.10. The van der Waals surface area contributed by atoms with Crippen LogP contribution in [0.15, 0.2) is 42.5 Å². The van der Waals surface area contributed by atoms with Crippen LogP contribution in [0.4, 0.5) is 5.69 Å². The molecule has 2 aromatic carbocycles. The molecule has 0 amide bonds. The molecule has 3 atom stereocenters. The van der Waals surface area contributed by atoms with Crippen molar-refractivity contribution in [3.8, 4) is 11.5 Å². The van der Waals surface area contributed by atoms with Crippen LogP contribution in [0, 0.1) is 0 Å². The molecule has 224 valence electrons. The number of anilines is 1. The van der Waals surface area contributed by atoms with Crippen molar-refractivity contribution in [3.63, 3.8) is 0 Å². The lowest BCUT2D eigenvalue weighted by molar-refractivity contribution is 0.0106. The highest BCUT2D eigenvalue weighted by Gasteiger charge is 2.31. The minimum Gasteiger partial charge on any atom is -0.490 e. The zero-order valence-electron chi connectivity index (χ0n) is 24.9. The van der Waals surface area contributed by atoms with Crippen molar-refractivity contribution in [1.29, 1.82) is 0 Å². The molecule has 0 aromatic heterocycles. The molecular weight excluding hydrogens is 514 g/mol. The third kappa shape index (κ3) is 7.37. The number of likely N-dealkylation sites (tertiary alicyclic amines) is 1. The lowest BCUT2D eigenvalue weighted by Crippen LogP contribution is -2.41. The highest BCUT2D eigenvalue weighted by molar-refractivity contribution is 5.61. The molecule has 1 saturated carbocycles. The predicted octanol–water partition coefficient (Wildman–Crippen LogP) is 5.37. The van der Waals surface area contributed by atoms with Gasteiger partial charge in [-0.2, -0.15) is 0 Å². The molecule has 0 bridgehead atoms. The summed E-state index contributed by atoms with van der Waals surface area (Å²) >= 11 is 0. The number of ether oxygens (including phenoxy) is 4. The number of benzene rings is 2. The van der Waals surface area contributed by atoms with E-state index in [0.29, 0.717) is 18.6 Å². The SMILES string of the molecule is COCCCN1CCOc2ccc(CO[C@H]3CNCC[C@@H]3c3ccc(O[C@H]4CCN(C5CCCCC5)C4)cc3)cc21. The molecule has 2 saturated heterocycles. The van der Waals surface area contributed by atoms with Gasteiger partial charge in [-0.05, 0) is 74.0 Å². The first-order chi connectivity index (χ1) is 20.3. The zero-order chi connectivity index (χ0) is 27.9. The van der Waals surface area contributed by atoms with E-state index < -0.39 is 0 Å². The van der Waals surface area contributed by atoms with Crippen LogP contribution in [-0.2, 0) is 16.1 Å². The van der Waals surface area contributed by atoms with Crippen molar-refractivity contribution >= 4 is 5.69 Å². The fourth-order valence-electron chi connectivity index (χ4n) is 7.24. The second kappa shape index (κ2) is 14.2. The minimum absolute atomic E-state index is 0.138. The second-order valence-electron chi connectivity index (χ2n) is 12.3. The summed E-state index contributed by atoms with van der Waals surface area (Å²) in [5.41, 5.74) is 3.71. The number of nitrogens with one attached hydrogen (secondary N) is 1. The van der Waals surface area contributed by atoms with Crippen LogP contribution in [0.25, 0.3) is 0 Å². The number of piperidine rings is 1. The van der Waals surface area contributed by atoms with Gasteiger partial charge in [0, 0.05) is 51.9 Å². The van der Waals surface area contributed by atoms with Crippen molar-refractivity contribution < 1.29 is 18.9 Å². The quantitative estimate of drug-likeness (QED) is 0.369. The van der Waals surface area contributed by atoms with Crippen molar-refractivity contribution in [2.45, 2.75) is 82.1 Å². The number of nitrogens with zero attached hydrogens (tertiary/aromatic N) is 2. The van der Waals surface area contributed by atoms with Gasteiger partial charge < -0.3 is 29.2 Å². The third-order valence-electron chi connectivity index (χ3n) is 9.53. The Balaban J connectivity index is 1.03. The van der Waals surface area contributed by atoms with Crippen molar-refractivity contribution in [2.24, 2.45) is 0 Å². The molecule has 41 heavy (non-hydrogen) atoms. The smallest absolute Gasteiger partial charge is 0.142 e. The number of fused-ring (bicyclic) bond motifs is 1. The van der Waals surface area contributed by atoms with E-state index in [-0.39, 0.29) is 6.10 Å². The maximum Gasteiger partial charge on any atom is 0.142 e. The maximum atomic E-state index is 6.59. The Bertz CT molecular complexity index is 1090. The summed E-state index contributed by atoms with van der Waals surface area (Å²) in [5.74, 6) is 2.35. The lowest BCUT2D eigenvalue weighted by Gasteiger charge is -2.33. The molecule has 6 rings (SSSR count). The monoisotopic (exact) mass is 563 g/mol. The summed E-state index contributed by atoms with van der Waals surface area (Å²) in [6.07, 6.45) is 10.6. The molecular formula is C34H49N3O4. The molecule has 0 radical (unpaired) electrons. The molecule has 0 unspecified atom stereocenters. The van der Waals surface area contributed by atoms with E-state index in [9.17, 15) is 0 Å². The van der Waals surface area contributed by atoms with E-state index in [1.165, 1.54) is 55.5 Å². The summed E-state index contributed by atoms with van der Waals surface area (Å²) in [6.45, 7) is 8.15. The minimum atomic E-state index is 0.138. The van der Waals surface area contributed by atoms with Crippen molar-refractivity contribution in [1.82, 2.24) is 10.2 Å². The highest BCUT2D eigenvalue weighted by atomic mass is 16.5. The molecule has 3 heterocycles. The second-order valence-corrected chi connectivity index (χ2v) is 12.3. The molecule has 3 aliphatic heterocycles.